The molecule has 11 heavy (non-hydrogen) atoms. The maximum Gasteiger partial charge on any atom is 0.0568 e. The van der Waals surface area contributed by atoms with Crippen LogP contribution in [-0.4, -0.2) is 11.2 Å². The van der Waals surface area contributed by atoms with Gasteiger partial charge in [-0.1, -0.05) is 26.3 Å². The monoisotopic (exact) mass is 156 g/mol. The number of rotatable bonds is 6. The van der Waals surface area contributed by atoms with E-state index in [1.165, 1.54) is 0 Å². The summed E-state index contributed by atoms with van der Waals surface area (Å²) in [6.07, 6.45) is 5.84. The lowest BCUT2D eigenvalue weighted by molar-refractivity contribution is 0.0994. The SMILES string of the molecule is C=CCC(CCC)C(O)CC. The highest BCUT2D eigenvalue weighted by atomic mass is 16.3. The third kappa shape index (κ3) is 4.20. The van der Waals surface area contributed by atoms with Crippen molar-refractivity contribution in [3.05, 3.63) is 12.7 Å². The van der Waals surface area contributed by atoms with Gasteiger partial charge < -0.3 is 5.11 Å². The highest BCUT2D eigenvalue weighted by molar-refractivity contribution is 4.77. The zero-order valence-corrected chi connectivity index (χ0v) is 7.71. The van der Waals surface area contributed by atoms with Crippen molar-refractivity contribution < 1.29 is 5.11 Å². The summed E-state index contributed by atoms with van der Waals surface area (Å²) in [6, 6.07) is 0. The quantitative estimate of drug-likeness (QED) is 0.586. The summed E-state index contributed by atoms with van der Waals surface area (Å²) in [5.74, 6) is 0.433. The number of aliphatic hydroxyl groups excluding tert-OH is 1. The molecule has 0 aromatic carbocycles. The van der Waals surface area contributed by atoms with E-state index in [2.05, 4.69) is 13.5 Å². The molecule has 0 aliphatic carbocycles. The summed E-state index contributed by atoms with van der Waals surface area (Å²) in [6.45, 7) is 7.86. The van der Waals surface area contributed by atoms with Crippen LogP contribution in [0.3, 0.4) is 0 Å². The van der Waals surface area contributed by atoms with Gasteiger partial charge in [0.1, 0.15) is 0 Å². The molecule has 0 aliphatic heterocycles. The highest BCUT2D eigenvalue weighted by Crippen LogP contribution is 2.18. The van der Waals surface area contributed by atoms with Crippen LogP contribution in [-0.2, 0) is 0 Å². The standard InChI is InChI=1S/C10H20O/c1-4-7-9(8-5-2)10(11)6-3/h4,9-11H,1,5-8H2,2-3H3. The Morgan fingerprint density at radius 3 is 2.45 bits per heavy atom. The van der Waals surface area contributed by atoms with Gasteiger partial charge in [0.25, 0.3) is 0 Å². The second kappa shape index (κ2) is 6.41. The van der Waals surface area contributed by atoms with E-state index in [4.69, 9.17) is 0 Å². The first-order valence-corrected chi connectivity index (χ1v) is 4.55. The van der Waals surface area contributed by atoms with Crippen LogP contribution in [0.25, 0.3) is 0 Å². The fraction of sp³-hybridized carbons (Fsp3) is 0.800. The maximum atomic E-state index is 9.53. The molecule has 0 saturated heterocycles. The van der Waals surface area contributed by atoms with E-state index >= 15 is 0 Å². The lowest BCUT2D eigenvalue weighted by Crippen LogP contribution is -2.18. The Labute approximate surface area is 70.1 Å². The summed E-state index contributed by atoms with van der Waals surface area (Å²) in [7, 11) is 0. The first-order valence-electron chi connectivity index (χ1n) is 4.55. The summed E-state index contributed by atoms with van der Waals surface area (Å²) >= 11 is 0. The summed E-state index contributed by atoms with van der Waals surface area (Å²) < 4.78 is 0. The van der Waals surface area contributed by atoms with Gasteiger partial charge in [0.05, 0.1) is 6.10 Å². The topological polar surface area (TPSA) is 20.2 Å². The van der Waals surface area contributed by atoms with Gasteiger partial charge in [0.2, 0.25) is 0 Å². The molecule has 66 valence electrons. The van der Waals surface area contributed by atoms with Crippen LogP contribution < -0.4 is 0 Å². The third-order valence-electron chi connectivity index (χ3n) is 2.09. The van der Waals surface area contributed by atoms with Gasteiger partial charge in [0, 0.05) is 0 Å². The van der Waals surface area contributed by atoms with Crippen molar-refractivity contribution in [2.45, 2.75) is 45.6 Å². The minimum absolute atomic E-state index is 0.132. The molecule has 2 unspecified atom stereocenters. The van der Waals surface area contributed by atoms with E-state index in [0.29, 0.717) is 5.92 Å². The molecular weight excluding hydrogens is 136 g/mol. The molecule has 1 nitrogen and oxygen atoms in total. The van der Waals surface area contributed by atoms with Gasteiger partial charge in [-0.05, 0) is 25.2 Å². The smallest absolute Gasteiger partial charge is 0.0568 e. The minimum Gasteiger partial charge on any atom is -0.393 e. The predicted molar refractivity (Wildman–Crippen MR) is 49.5 cm³/mol. The molecule has 0 radical (unpaired) electrons. The maximum absolute atomic E-state index is 9.53. The molecule has 1 heteroatoms. The van der Waals surface area contributed by atoms with E-state index < -0.39 is 0 Å². The first kappa shape index (κ1) is 10.7. The molecular formula is C10H20O. The van der Waals surface area contributed by atoms with Crippen LogP contribution in [0.1, 0.15) is 39.5 Å². The van der Waals surface area contributed by atoms with Crippen LogP contribution in [0.4, 0.5) is 0 Å². The van der Waals surface area contributed by atoms with Gasteiger partial charge in [0.15, 0.2) is 0 Å². The molecule has 0 amide bonds. The molecule has 0 spiro atoms. The fourth-order valence-electron chi connectivity index (χ4n) is 1.39. The van der Waals surface area contributed by atoms with Crippen molar-refractivity contribution in [1.82, 2.24) is 0 Å². The lowest BCUT2D eigenvalue weighted by Gasteiger charge is -2.19. The predicted octanol–water partition coefficient (Wildman–Crippen LogP) is 2.75. The average Bonchev–Trinajstić information content (AvgIpc) is 2.03. The lowest BCUT2D eigenvalue weighted by atomic mass is 9.92. The molecule has 0 aromatic rings. The van der Waals surface area contributed by atoms with Crippen LogP contribution in [0.5, 0.6) is 0 Å². The number of aliphatic hydroxyl groups is 1. The van der Waals surface area contributed by atoms with Crippen molar-refractivity contribution in [2.24, 2.45) is 5.92 Å². The molecule has 0 aliphatic rings. The number of hydrogen-bond acceptors (Lipinski definition) is 1. The van der Waals surface area contributed by atoms with Crippen LogP contribution in [0, 0.1) is 5.92 Å². The zero-order chi connectivity index (χ0) is 8.69. The van der Waals surface area contributed by atoms with Crippen LogP contribution in [0.15, 0.2) is 12.7 Å². The van der Waals surface area contributed by atoms with E-state index in [9.17, 15) is 5.11 Å². The normalized spacial score (nSPS) is 15.9. The van der Waals surface area contributed by atoms with E-state index in [-0.39, 0.29) is 6.10 Å². The second-order valence-electron chi connectivity index (χ2n) is 3.05. The number of allylic oxidation sites excluding steroid dienone is 1. The van der Waals surface area contributed by atoms with Gasteiger partial charge >= 0.3 is 0 Å². The van der Waals surface area contributed by atoms with E-state index in [1.54, 1.807) is 0 Å². The van der Waals surface area contributed by atoms with Crippen molar-refractivity contribution >= 4 is 0 Å². The van der Waals surface area contributed by atoms with Gasteiger partial charge in [-0.2, -0.15) is 0 Å². The Morgan fingerprint density at radius 2 is 2.09 bits per heavy atom. The molecule has 0 saturated carbocycles. The van der Waals surface area contributed by atoms with Crippen LogP contribution >= 0.6 is 0 Å². The van der Waals surface area contributed by atoms with Gasteiger partial charge in [-0.15, -0.1) is 6.58 Å². The first-order chi connectivity index (χ1) is 5.26. The minimum atomic E-state index is -0.132. The Morgan fingerprint density at radius 1 is 1.45 bits per heavy atom. The zero-order valence-electron chi connectivity index (χ0n) is 7.71. The molecule has 1 N–H and O–H groups in total. The van der Waals surface area contributed by atoms with Crippen molar-refractivity contribution in [3.63, 3.8) is 0 Å². The van der Waals surface area contributed by atoms with Crippen molar-refractivity contribution in [2.75, 3.05) is 0 Å². The van der Waals surface area contributed by atoms with E-state index in [1.807, 2.05) is 13.0 Å². The largest absolute Gasteiger partial charge is 0.393 e. The molecule has 0 fully saturated rings. The Bertz CT molecular complexity index is 99.0. The third-order valence-corrected chi connectivity index (χ3v) is 2.09. The fourth-order valence-corrected chi connectivity index (χ4v) is 1.39. The molecule has 0 aromatic heterocycles. The van der Waals surface area contributed by atoms with Crippen molar-refractivity contribution in [3.8, 4) is 0 Å². The highest BCUT2D eigenvalue weighted by Gasteiger charge is 2.14. The number of hydrogen-bond donors (Lipinski definition) is 1. The Kier molecular flexibility index (Phi) is 6.24. The molecule has 0 bridgehead atoms. The Hall–Kier alpha value is -0.300. The second-order valence-corrected chi connectivity index (χ2v) is 3.05. The Balaban J connectivity index is 3.75. The van der Waals surface area contributed by atoms with Crippen LogP contribution in [0.2, 0.25) is 0 Å². The van der Waals surface area contributed by atoms with Gasteiger partial charge in [-0.25, -0.2) is 0 Å². The van der Waals surface area contributed by atoms with Gasteiger partial charge in [-0.3, -0.25) is 0 Å². The molecule has 0 rings (SSSR count). The summed E-state index contributed by atoms with van der Waals surface area (Å²) in [5, 5.41) is 9.53. The molecule has 2 atom stereocenters. The summed E-state index contributed by atoms with van der Waals surface area (Å²) in [4.78, 5) is 0. The van der Waals surface area contributed by atoms with E-state index in [0.717, 1.165) is 25.7 Å². The van der Waals surface area contributed by atoms with Crippen molar-refractivity contribution in [1.29, 1.82) is 0 Å². The molecule has 0 heterocycles. The summed E-state index contributed by atoms with van der Waals surface area (Å²) in [5.41, 5.74) is 0. The average molecular weight is 156 g/mol.